The van der Waals surface area contributed by atoms with E-state index in [1.807, 2.05) is 6.07 Å². The normalized spacial score (nSPS) is 23.0. The minimum Gasteiger partial charge on any atom is -0.325 e. The molecule has 3 aromatic rings. The molecule has 1 N–H and O–H groups in total. The molecule has 0 unspecified atom stereocenters. The van der Waals surface area contributed by atoms with Crippen LogP contribution in [0.25, 0.3) is 0 Å². The first kappa shape index (κ1) is 26.3. The number of hydrogen-bond acceptors (Lipinski definition) is 6. The highest BCUT2D eigenvalue weighted by Gasteiger charge is 2.49. The first-order valence-electron chi connectivity index (χ1n) is 12.5. The van der Waals surface area contributed by atoms with Crippen LogP contribution in [0.2, 0.25) is 10.0 Å². The van der Waals surface area contributed by atoms with Gasteiger partial charge in [-0.1, -0.05) is 71.6 Å². The molecule has 2 amide bonds. The van der Waals surface area contributed by atoms with Crippen molar-refractivity contribution < 1.29 is 14.4 Å². The Morgan fingerprint density at radius 2 is 1.84 bits per heavy atom. The SMILES string of the molecule is O=N[C@H]1CCCC[C@@H]1N1C(=O)c2ccccc2[C@@H](C(=O)NOCc2ccccn2)[C@@H]1c1ccc(Cl)cc1Cl. The number of benzene rings is 2. The van der Waals surface area contributed by atoms with Crippen molar-refractivity contribution >= 4 is 35.0 Å². The van der Waals surface area contributed by atoms with Crippen molar-refractivity contribution in [2.24, 2.45) is 5.18 Å². The van der Waals surface area contributed by atoms with Gasteiger partial charge in [0.15, 0.2) is 0 Å². The summed E-state index contributed by atoms with van der Waals surface area (Å²) in [6.07, 6.45) is 4.50. The molecule has 196 valence electrons. The molecule has 1 aliphatic carbocycles. The lowest BCUT2D eigenvalue weighted by Gasteiger charge is -2.47. The molecule has 38 heavy (non-hydrogen) atoms. The predicted molar refractivity (Wildman–Crippen MR) is 144 cm³/mol. The number of amides is 2. The fourth-order valence-corrected chi connectivity index (χ4v) is 6.06. The van der Waals surface area contributed by atoms with Crippen molar-refractivity contribution in [2.45, 2.75) is 56.3 Å². The van der Waals surface area contributed by atoms with Gasteiger partial charge in [0.25, 0.3) is 11.8 Å². The van der Waals surface area contributed by atoms with Gasteiger partial charge >= 0.3 is 0 Å². The maximum atomic E-state index is 14.0. The minimum absolute atomic E-state index is 0.0652. The molecule has 1 saturated carbocycles. The van der Waals surface area contributed by atoms with E-state index in [9.17, 15) is 14.5 Å². The van der Waals surface area contributed by atoms with E-state index in [1.165, 1.54) is 0 Å². The van der Waals surface area contributed by atoms with Crippen LogP contribution in [0.4, 0.5) is 0 Å². The molecule has 0 radical (unpaired) electrons. The summed E-state index contributed by atoms with van der Waals surface area (Å²) in [5.41, 5.74) is 4.71. The van der Waals surface area contributed by atoms with Crippen LogP contribution < -0.4 is 5.48 Å². The fourth-order valence-electron chi connectivity index (χ4n) is 5.54. The Balaban J connectivity index is 1.59. The second-order valence-corrected chi connectivity index (χ2v) is 10.3. The molecular weight excluding hydrogens is 527 g/mol. The fraction of sp³-hybridized carbons (Fsp3) is 0.321. The number of nitrogens with one attached hydrogen (secondary N) is 1. The third-order valence-electron chi connectivity index (χ3n) is 7.25. The van der Waals surface area contributed by atoms with E-state index < -0.39 is 30.0 Å². The molecule has 0 spiro atoms. The summed E-state index contributed by atoms with van der Waals surface area (Å²) in [5, 5.41) is 4.13. The number of fused-ring (bicyclic) bond motifs is 1. The summed E-state index contributed by atoms with van der Waals surface area (Å²) >= 11 is 12.9. The smallest absolute Gasteiger partial charge is 0.255 e. The lowest BCUT2D eigenvalue weighted by molar-refractivity contribution is -0.138. The minimum atomic E-state index is -0.875. The molecule has 4 atom stereocenters. The zero-order chi connectivity index (χ0) is 26.6. The van der Waals surface area contributed by atoms with Crippen LogP contribution in [0.15, 0.2) is 72.0 Å². The number of carbonyl (C=O) groups excluding carboxylic acids is 2. The maximum absolute atomic E-state index is 14.0. The largest absolute Gasteiger partial charge is 0.325 e. The molecule has 0 saturated heterocycles. The third kappa shape index (κ3) is 5.16. The standard InChI is InChI=1S/C28H26Cl2N4O4/c29-17-12-13-21(22(30)15-17)26-25(27(35)33-38-16-18-7-5-6-14-31-18)19-8-1-2-9-20(19)28(36)34(26)24-11-4-3-10-23(24)32-37/h1-2,5-9,12-15,23-26H,3-4,10-11,16H2,(H,33,35)/t23-,24-,25+,26-/m0/s1. The van der Waals surface area contributed by atoms with Gasteiger partial charge in [-0.3, -0.25) is 19.4 Å². The summed E-state index contributed by atoms with van der Waals surface area (Å²) in [4.78, 5) is 51.2. The molecule has 2 aliphatic rings. The average molecular weight is 553 g/mol. The Bertz CT molecular complexity index is 1340. The Labute approximate surface area is 230 Å². The summed E-state index contributed by atoms with van der Waals surface area (Å²) in [6.45, 7) is 0.0652. The number of aromatic nitrogens is 1. The first-order valence-corrected chi connectivity index (χ1v) is 13.3. The van der Waals surface area contributed by atoms with Crippen molar-refractivity contribution in [3.63, 3.8) is 0 Å². The van der Waals surface area contributed by atoms with Crippen LogP contribution >= 0.6 is 23.2 Å². The van der Waals surface area contributed by atoms with E-state index in [4.69, 9.17) is 28.0 Å². The van der Waals surface area contributed by atoms with Crippen LogP contribution in [0, 0.1) is 4.91 Å². The summed E-state index contributed by atoms with van der Waals surface area (Å²) in [6, 6.07) is 15.5. The highest BCUT2D eigenvalue weighted by atomic mass is 35.5. The van der Waals surface area contributed by atoms with Gasteiger partial charge in [-0.2, -0.15) is 4.91 Å². The van der Waals surface area contributed by atoms with E-state index in [-0.39, 0.29) is 12.5 Å². The van der Waals surface area contributed by atoms with Crippen molar-refractivity contribution in [1.82, 2.24) is 15.4 Å². The Morgan fingerprint density at radius 3 is 2.61 bits per heavy atom. The third-order valence-corrected chi connectivity index (χ3v) is 7.81. The number of nitroso groups, excluding NO2 is 1. The second-order valence-electron chi connectivity index (χ2n) is 9.49. The first-order chi connectivity index (χ1) is 18.5. The van der Waals surface area contributed by atoms with E-state index in [2.05, 4.69) is 15.6 Å². The van der Waals surface area contributed by atoms with Gasteiger partial charge in [0.2, 0.25) is 0 Å². The number of halogens is 2. The van der Waals surface area contributed by atoms with Gasteiger partial charge in [0.05, 0.1) is 23.7 Å². The summed E-state index contributed by atoms with van der Waals surface area (Å²) in [7, 11) is 0. The lowest BCUT2D eigenvalue weighted by Crippen LogP contribution is -2.55. The van der Waals surface area contributed by atoms with Gasteiger partial charge < -0.3 is 4.90 Å². The van der Waals surface area contributed by atoms with Crippen LogP contribution in [-0.4, -0.2) is 33.8 Å². The highest BCUT2D eigenvalue weighted by molar-refractivity contribution is 6.35. The summed E-state index contributed by atoms with van der Waals surface area (Å²) < 4.78 is 0. The lowest BCUT2D eigenvalue weighted by atomic mass is 9.76. The molecule has 1 aliphatic heterocycles. The van der Waals surface area contributed by atoms with Crippen molar-refractivity contribution in [3.05, 3.63) is 104 Å². The van der Waals surface area contributed by atoms with Gasteiger partial charge in [-0.05, 0) is 54.3 Å². The number of hydrogen-bond donors (Lipinski definition) is 1. The number of carbonyl (C=O) groups is 2. The molecule has 1 fully saturated rings. The van der Waals surface area contributed by atoms with Crippen LogP contribution in [-0.2, 0) is 16.2 Å². The Hall–Kier alpha value is -3.33. The monoisotopic (exact) mass is 552 g/mol. The molecule has 5 rings (SSSR count). The van der Waals surface area contributed by atoms with E-state index >= 15 is 0 Å². The zero-order valence-corrected chi connectivity index (χ0v) is 21.9. The molecule has 10 heteroatoms. The van der Waals surface area contributed by atoms with Crippen LogP contribution in [0.3, 0.4) is 0 Å². The van der Waals surface area contributed by atoms with E-state index in [0.29, 0.717) is 45.3 Å². The molecular formula is C28H26Cl2N4O4. The van der Waals surface area contributed by atoms with Crippen molar-refractivity contribution in [2.75, 3.05) is 0 Å². The highest BCUT2D eigenvalue weighted by Crippen LogP contribution is 2.48. The maximum Gasteiger partial charge on any atom is 0.255 e. The van der Waals surface area contributed by atoms with Crippen LogP contribution in [0.5, 0.6) is 0 Å². The molecule has 8 nitrogen and oxygen atoms in total. The van der Waals surface area contributed by atoms with Gasteiger partial charge in [-0.15, -0.1) is 0 Å². The predicted octanol–water partition coefficient (Wildman–Crippen LogP) is 5.99. The van der Waals surface area contributed by atoms with E-state index in [0.717, 1.165) is 12.8 Å². The number of rotatable bonds is 7. The zero-order valence-electron chi connectivity index (χ0n) is 20.4. The quantitative estimate of drug-likeness (QED) is 0.286. The van der Waals surface area contributed by atoms with Crippen LogP contribution in [0.1, 0.15) is 64.8 Å². The van der Waals surface area contributed by atoms with Gasteiger partial charge in [-0.25, -0.2) is 5.48 Å². The van der Waals surface area contributed by atoms with Gasteiger partial charge in [0.1, 0.15) is 12.6 Å². The molecule has 2 aromatic carbocycles. The Morgan fingerprint density at radius 1 is 1.05 bits per heavy atom. The van der Waals surface area contributed by atoms with Crippen molar-refractivity contribution in [1.29, 1.82) is 0 Å². The average Bonchev–Trinajstić information content (AvgIpc) is 2.93. The number of nitrogens with zero attached hydrogens (tertiary/aromatic N) is 3. The number of hydroxylamine groups is 1. The molecule has 2 heterocycles. The van der Waals surface area contributed by atoms with Gasteiger partial charge in [0, 0.05) is 21.8 Å². The molecule has 0 bridgehead atoms. The number of pyridine rings is 1. The Kier molecular flexibility index (Phi) is 8.02. The summed E-state index contributed by atoms with van der Waals surface area (Å²) in [5.74, 6) is -1.59. The topological polar surface area (TPSA) is 101 Å². The van der Waals surface area contributed by atoms with E-state index in [1.54, 1.807) is 65.7 Å². The van der Waals surface area contributed by atoms with Crippen molar-refractivity contribution in [3.8, 4) is 0 Å². The molecule has 1 aromatic heterocycles. The second kappa shape index (κ2) is 11.6.